The molecular weight excluding hydrogens is 338 g/mol. The molecule has 116 valence electrons. The molecule has 0 aliphatic heterocycles. The molecule has 3 rings (SSSR count). The third-order valence-electron chi connectivity index (χ3n) is 2.87. The van der Waals surface area contributed by atoms with Gasteiger partial charge in [0.2, 0.25) is 0 Å². The summed E-state index contributed by atoms with van der Waals surface area (Å²) in [5.41, 5.74) is -0.130. The van der Waals surface area contributed by atoms with Crippen LogP contribution in [-0.4, -0.2) is 5.78 Å². The zero-order valence-corrected chi connectivity index (χ0v) is 13.2. The zero-order chi connectivity index (χ0) is 15.8. The standard InChI is InChI=1S/C14H9F2O.C5H5.Fe/c15-11-6-7-12(13(16)9-11)14(17)8-5-10-3-1-2-4-10;1-2-4-5-3-1;/h1-9H;1-5H;/q;;+2/b8-5+;;. The summed E-state index contributed by atoms with van der Waals surface area (Å²) in [4.78, 5) is 11.6. The van der Waals surface area contributed by atoms with Gasteiger partial charge in [-0.1, -0.05) is 6.08 Å². The van der Waals surface area contributed by atoms with E-state index in [0.717, 1.165) is 18.1 Å². The van der Waals surface area contributed by atoms with Crippen molar-refractivity contribution in [3.05, 3.63) is 111 Å². The molecule has 4 heteroatoms. The van der Waals surface area contributed by atoms with Crippen LogP contribution in [0.2, 0.25) is 0 Å². The van der Waals surface area contributed by atoms with Gasteiger partial charge in [0, 0.05) is 12.0 Å². The van der Waals surface area contributed by atoms with Crippen molar-refractivity contribution in [1.29, 1.82) is 0 Å². The average molecular weight is 352 g/mol. The Kier molecular flexibility index (Phi) is 9.35. The topological polar surface area (TPSA) is 17.1 Å². The normalized spacial score (nSPS) is 17.7. The SMILES string of the molecule is O=C(/C=C/[C]1[CH][CH][CH][CH]1)c1ccc(F)cc1F.[CH]1[CH][CH][CH][CH]1.[Fe+2]. The Bertz CT molecular complexity index is 510. The van der Waals surface area contributed by atoms with Crippen molar-refractivity contribution in [1.82, 2.24) is 0 Å². The maximum absolute atomic E-state index is 13.3. The number of carbonyl (C=O) groups is 1. The summed E-state index contributed by atoms with van der Waals surface area (Å²) in [6, 6.07) is 2.90. The van der Waals surface area contributed by atoms with Crippen molar-refractivity contribution < 1.29 is 30.6 Å². The van der Waals surface area contributed by atoms with Gasteiger partial charge in [0.25, 0.3) is 0 Å². The molecule has 0 bridgehead atoms. The van der Waals surface area contributed by atoms with Gasteiger partial charge in [-0.15, -0.1) is 0 Å². The molecule has 10 radical (unpaired) electrons. The molecule has 1 aromatic rings. The van der Waals surface area contributed by atoms with E-state index in [9.17, 15) is 13.6 Å². The van der Waals surface area contributed by atoms with Crippen molar-refractivity contribution in [2.45, 2.75) is 0 Å². The van der Waals surface area contributed by atoms with Crippen LogP contribution in [-0.2, 0) is 17.1 Å². The minimum absolute atomic E-state index is 0. The van der Waals surface area contributed by atoms with Gasteiger partial charge in [-0.3, -0.25) is 4.79 Å². The maximum Gasteiger partial charge on any atom is 2.00 e. The molecule has 2 aliphatic carbocycles. The molecule has 2 saturated carbocycles. The summed E-state index contributed by atoms with van der Waals surface area (Å²) in [5.74, 6) is -1.16. The Hall–Kier alpha value is -0.991. The Morgan fingerprint density at radius 2 is 1.43 bits per heavy atom. The largest absolute Gasteiger partial charge is 2.00 e. The second-order valence-electron chi connectivity index (χ2n) is 4.50. The molecule has 0 spiro atoms. The first-order valence-electron chi connectivity index (χ1n) is 6.72. The first kappa shape index (κ1) is 20.1. The fraction of sp³-hybridized carbons (Fsp3) is 0. The predicted octanol–water partition coefficient (Wildman–Crippen LogP) is 4.13. The smallest absolute Gasteiger partial charge is 0.289 e. The van der Waals surface area contributed by atoms with Crippen molar-refractivity contribution in [2.24, 2.45) is 0 Å². The van der Waals surface area contributed by atoms with E-state index >= 15 is 0 Å². The van der Waals surface area contributed by atoms with Gasteiger partial charge in [-0.05, 0) is 76.0 Å². The minimum Gasteiger partial charge on any atom is -0.289 e. The quantitative estimate of drug-likeness (QED) is 0.454. The third kappa shape index (κ3) is 6.97. The van der Waals surface area contributed by atoms with Crippen molar-refractivity contribution in [3.8, 4) is 0 Å². The second kappa shape index (κ2) is 10.7. The summed E-state index contributed by atoms with van der Waals surface area (Å²) < 4.78 is 25.9. The summed E-state index contributed by atoms with van der Waals surface area (Å²) in [5, 5.41) is 0. The van der Waals surface area contributed by atoms with Crippen LogP contribution in [0.15, 0.2) is 30.4 Å². The summed E-state index contributed by atoms with van der Waals surface area (Å²) in [6.07, 6.45) is 20.2. The van der Waals surface area contributed by atoms with E-state index < -0.39 is 17.4 Å². The molecule has 0 atom stereocenters. The van der Waals surface area contributed by atoms with E-state index in [0.29, 0.717) is 6.07 Å². The van der Waals surface area contributed by atoms with Crippen LogP contribution in [0.25, 0.3) is 0 Å². The number of rotatable bonds is 3. The minimum atomic E-state index is -0.845. The van der Waals surface area contributed by atoms with E-state index in [4.69, 9.17) is 0 Å². The number of allylic oxidation sites excluding steroid dienone is 2. The first-order valence-corrected chi connectivity index (χ1v) is 6.72. The molecular formula is C19H14F2FeO+2. The van der Waals surface area contributed by atoms with Gasteiger partial charge >= 0.3 is 17.1 Å². The van der Waals surface area contributed by atoms with Gasteiger partial charge in [0.05, 0.1) is 5.56 Å². The van der Waals surface area contributed by atoms with Crippen LogP contribution in [0.1, 0.15) is 10.4 Å². The van der Waals surface area contributed by atoms with Crippen LogP contribution in [0.3, 0.4) is 0 Å². The number of halogens is 2. The summed E-state index contributed by atoms with van der Waals surface area (Å²) in [7, 11) is 0. The summed E-state index contributed by atoms with van der Waals surface area (Å²) in [6.45, 7) is 0. The fourth-order valence-electron chi connectivity index (χ4n) is 1.77. The van der Waals surface area contributed by atoms with E-state index in [1.165, 1.54) is 6.08 Å². The first-order chi connectivity index (χ1) is 10.7. The molecule has 1 nitrogen and oxygen atoms in total. The number of benzene rings is 1. The van der Waals surface area contributed by atoms with Gasteiger partial charge in [0.15, 0.2) is 5.78 Å². The van der Waals surface area contributed by atoms with Crippen LogP contribution in [0, 0.1) is 75.3 Å². The van der Waals surface area contributed by atoms with Gasteiger partial charge in [-0.2, -0.15) is 0 Å². The van der Waals surface area contributed by atoms with E-state index in [1.807, 2.05) is 57.8 Å². The van der Waals surface area contributed by atoms with Crippen LogP contribution >= 0.6 is 0 Å². The molecule has 0 heterocycles. The van der Waals surface area contributed by atoms with Crippen LogP contribution in [0.5, 0.6) is 0 Å². The Labute approximate surface area is 148 Å². The molecule has 0 saturated heterocycles. The van der Waals surface area contributed by atoms with Gasteiger partial charge < -0.3 is 0 Å². The molecule has 0 amide bonds. The van der Waals surface area contributed by atoms with E-state index in [-0.39, 0.29) is 22.6 Å². The number of hydrogen-bond acceptors (Lipinski definition) is 1. The Morgan fingerprint density at radius 3 is 1.96 bits per heavy atom. The van der Waals surface area contributed by atoms with Crippen LogP contribution < -0.4 is 0 Å². The second-order valence-corrected chi connectivity index (χ2v) is 4.50. The monoisotopic (exact) mass is 352 g/mol. The fourth-order valence-corrected chi connectivity index (χ4v) is 1.77. The number of carbonyl (C=O) groups excluding carboxylic acids is 1. The molecule has 2 aliphatic rings. The molecule has 0 aromatic heterocycles. The molecule has 1 aromatic carbocycles. The van der Waals surface area contributed by atoms with Crippen molar-refractivity contribution >= 4 is 5.78 Å². The average Bonchev–Trinajstić information content (AvgIpc) is 3.21. The van der Waals surface area contributed by atoms with E-state index in [2.05, 4.69) is 0 Å². The van der Waals surface area contributed by atoms with E-state index in [1.54, 1.807) is 6.08 Å². The molecule has 0 N–H and O–H groups in total. The zero-order valence-electron chi connectivity index (χ0n) is 12.1. The third-order valence-corrected chi connectivity index (χ3v) is 2.87. The predicted molar refractivity (Wildman–Crippen MR) is 81.8 cm³/mol. The van der Waals surface area contributed by atoms with Crippen molar-refractivity contribution in [2.75, 3.05) is 0 Å². The Balaban J connectivity index is 0.000000377. The molecule has 0 unspecified atom stereocenters. The van der Waals surface area contributed by atoms with Crippen molar-refractivity contribution in [3.63, 3.8) is 0 Å². The maximum atomic E-state index is 13.3. The molecule has 23 heavy (non-hydrogen) atoms. The van der Waals surface area contributed by atoms with Crippen LogP contribution in [0.4, 0.5) is 8.78 Å². The van der Waals surface area contributed by atoms with Gasteiger partial charge in [0.1, 0.15) is 11.6 Å². The Morgan fingerprint density at radius 1 is 0.870 bits per heavy atom. The summed E-state index contributed by atoms with van der Waals surface area (Å²) >= 11 is 0. The number of hydrogen-bond donors (Lipinski definition) is 0. The molecule has 2 fully saturated rings. The van der Waals surface area contributed by atoms with Gasteiger partial charge in [-0.25, -0.2) is 8.78 Å². The number of ketones is 1.